The number of hydrogen-bond donors (Lipinski definition) is 1. The molecule has 0 spiro atoms. The SMILES string of the molecule is Cc1ccoc1C(=O)Nc1cccc(-c2cncc(C(=O)N=[S@](=O)(CC(=O)N3CCCC3)c3ccccc3)c2)c1. The molecular formula is C30H28N4O5S. The number of furan rings is 1. The Kier molecular flexibility index (Phi) is 7.88. The summed E-state index contributed by atoms with van der Waals surface area (Å²) in [5, 5.41) is 2.81. The van der Waals surface area contributed by atoms with Crippen LogP contribution in [0.4, 0.5) is 5.69 Å². The van der Waals surface area contributed by atoms with E-state index >= 15 is 0 Å². The monoisotopic (exact) mass is 556 g/mol. The van der Waals surface area contributed by atoms with Crippen LogP contribution in [0.5, 0.6) is 0 Å². The Balaban J connectivity index is 1.42. The number of aryl methyl sites for hydroxylation is 1. The van der Waals surface area contributed by atoms with Gasteiger partial charge in [0.2, 0.25) is 5.91 Å². The summed E-state index contributed by atoms with van der Waals surface area (Å²) in [5.41, 5.74) is 2.69. The van der Waals surface area contributed by atoms with Gasteiger partial charge in [0.25, 0.3) is 11.8 Å². The summed E-state index contributed by atoms with van der Waals surface area (Å²) in [6.45, 7) is 3.01. The third-order valence-corrected chi connectivity index (χ3v) is 8.73. The highest BCUT2D eigenvalue weighted by Crippen LogP contribution is 2.25. The van der Waals surface area contributed by atoms with Gasteiger partial charge in [0.1, 0.15) is 5.75 Å². The van der Waals surface area contributed by atoms with E-state index in [4.69, 9.17) is 4.42 Å². The summed E-state index contributed by atoms with van der Waals surface area (Å²) in [4.78, 5) is 45.0. The maximum absolute atomic E-state index is 14.1. The fourth-order valence-corrected chi connectivity index (χ4v) is 6.31. The Labute approximate surface area is 232 Å². The van der Waals surface area contributed by atoms with Crippen LogP contribution in [0.25, 0.3) is 11.1 Å². The molecule has 5 rings (SSSR count). The van der Waals surface area contributed by atoms with E-state index in [9.17, 15) is 18.6 Å². The largest absolute Gasteiger partial charge is 0.459 e. The van der Waals surface area contributed by atoms with Crippen LogP contribution in [0.3, 0.4) is 0 Å². The van der Waals surface area contributed by atoms with Crippen molar-refractivity contribution in [3.8, 4) is 11.1 Å². The summed E-state index contributed by atoms with van der Waals surface area (Å²) in [5.74, 6) is -1.52. The van der Waals surface area contributed by atoms with E-state index in [2.05, 4.69) is 14.7 Å². The standard InChI is InChI=1S/C30H28N4O5S/c1-21-12-15-39-28(21)30(37)32-25-9-7-8-22(17-25)23-16-24(19-31-18-23)29(36)33-40(38,26-10-3-2-4-11-26)20-27(35)34-13-5-6-14-34/h2-4,7-12,15-19H,5-6,13-14,20H2,1H3,(H,32,37)/t40-/m0/s1. The Bertz CT molecular complexity index is 1680. The van der Waals surface area contributed by atoms with E-state index in [0.29, 0.717) is 34.8 Å². The molecule has 0 saturated carbocycles. The number of hydrogen-bond acceptors (Lipinski definition) is 6. The first kappa shape index (κ1) is 27.0. The summed E-state index contributed by atoms with van der Waals surface area (Å²) in [7, 11) is -3.37. The van der Waals surface area contributed by atoms with Gasteiger partial charge in [-0.25, -0.2) is 4.21 Å². The molecule has 0 bridgehead atoms. The normalized spacial score (nSPS) is 14.4. The van der Waals surface area contributed by atoms with Gasteiger partial charge in [-0.3, -0.25) is 19.4 Å². The van der Waals surface area contributed by atoms with E-state index in [1.165, 1.54) is 12.5 Å². The number of nitrogens with one attached hydrogen (secondary N) is 1. The second-order valence-corrected chi connectivity index (χ2v) is 11.7. The van der Waals surface area contributed by atoms with Crippen molar-refractivity contribution in [3.05, 3.63) is 102 Å². The maximum Gasteiger partial charge on any atom is 0.291 e. The molecule has 40 heavy (non-hydrogen) atoms. The lowest BCUT2D eigenvalue weighted by atomic mass is 10.1. The summed E-state index contributed by atoms with van der Waals surface area (Å²) in [6.07, 6.45) is 6.20. The van der Waals surface area contributed by atoms with Gasteiger partial charge in [-0.15, -0.1) is 0 Å². The van der Waals surface area contributed by atoms with Crippen LogP contribution in [0.2, 0.25) is 0 Å². The molecule has 2 aromatic carbocycles. The minimum Gasteiger partial charge on any atom is -0.459 e. The molecule has 10 heteroatoms. The molecule has 2 aromatic heterocycles. The van der Waals surface area contributed by atoms with Crippen molar-refractivity contribution < 1.29 is 23.0 Å². The minimum atomic E-state index is -3.37. The van der Waals surface area contributed by atoms with Crippen molar-refractivity contribution in [3.63, 3.8) is 0 Å². The first-order valence-corrected chi connectivity index (χ1v) is 14.5. The molecule has 9 nitrogen and oxygen atoms in total. The van der Waals surface area contributed by atoms with Crippen LogP contribution >= 0.6 is 0 Å². The average Bonchev–Trinajstić information content (AvgIpc) is 3.66. The first-order chi connectivity index (χ1) is 19.3. The van der Waals surface area contributed by atoms with E-state index in [-0.39, 0.29) is 28.9 Å². The number of anilines is 1. The highest BCUT2D eigenvalue weighted by molar-refractivity contribution is 7.94. The minimum absolute atomic E-state index is 0.135. The van der Waals surface area contributed by atoms with Crippen molar-refractivity contribution in [2.45, 2.75) is 24.7 Å². The fraction of sp³-hybridized carbons (Fsp3) is 0.200. The van der Waals surface area contributed by atoms with E-state index in [0.717, 1.165) is 18.4 Å². The summed E-state index contributed by atoms with van der Waals surface area (Å²) >= 11 is 0. The van der Waals surface area contributed by atoms with Crippen molar-refractivity contribution in [2.24, 2.45) is 4.36 Å². The van der Waals surface area contributed by atoms with Crippen LogP contribution in [0.1, 0.15) is 39.3 Å². The van der Waals surface area contributed by atoms with Gasteiger partial charge in [0.05, 0.1) is 21.6 Å². The number of aromatic nitrogens is 1. The number of nitrogens with zero attached hydrogens (tertiary/aromatic N) is 3. The Hall–Kier alpha value is -4.57. The highest BCUT2D eigenvalue weighted by Gasteiger charge is 2.26. The van der Waals surface area contributed by atoms with Crippen LogP contribution in [-0.4, -0.2) is 50.7 Å². The molecule has 0 aliphatic carbocycles. The number of amides is 3. The van der Waals surface area contributed by atoms with Gasteiger partial charge in [-0.1, -0.05) is 30.3 Å². The Morgan fingerprint density at radius 2 is 1.75 bits per heavy atom. The third-order valence-electron chi connectivity index (χ3n) is 6.63. The lowest BCUT2D eigenvalue weighted by Gasteiger charge is -2.17. The summed E-state index contributed by atoms with van der Waals surface area (Å²) in [6, 6.07) is 18.8. The molecule has 1 aliphatic rings. The number of benzene rings is 2. The van der Waals surface area contributed by atoms with Crippen molar-refractivity contribution in [2.75, 3.05) is 24.2 Å². The number of carbonyl (C=O) groups excluding carboxylic acids is 3. The number of rotatable bonds is 7. The molecule has 204 valence electrons. The topological polar surface area (TPSA) is 122 Å². The number of carbonyl (C=O) groups is 3. The zero-order chi connectivity index (χ0) is 28.1. The van der Waals surface area contributed by atoms with Crippen LogP contribution < -0.4 is 5.32 Å². The molecule has 1 fully saturated rings. The van der Waals surface area contributed by atoms with E-state index in [1.54, 1.807) is 78.7 Å². The molecule has 0 radical (unpaired) electrons. The quantitative estimate of drug-likeness (QED) is 0.334. The predicted octanol–water partition coefficient (Wildman–Crippen LogP) is 5.19. The van der Waals surface area contributed by atoms with Crippen molar-refractivity contribution in [1.82, 2.24) is 9.88 Å². The van der Waals surface area contributed by atoms with Gasteiger partial charge < -0.3 is 14.6 Å². The molecule has 1 atom stereocenters. The zero-order valence-corrected chi connectivity index (χ0v) is 22.7. The van der Waals surface area contributed by atoms with Gasteiger partial charge in [-0.2, -0.15) is 4.36 Å². The Morgan fingerprint density at radius 3 is 2.48 bits per heavy atom. The molecular weight excluding hydrogens is 528 g/mol. The second-order valence-electron chi connectivity index (χ2n) is 9.51. The van der Waals surface area contributed by atoms with Crippen LogP contribution in [0.15, 0.2) is 99.1 Å². The molecule has 4 aromatic rings. The molecule has 3 heterocycles. The van der Waals surface area contributed by atoms with Crippen molar-refractivity contribution in [1.29, 1.82) is 0 Å². The molecule has 1 saturated heterocycles. The van der Waals surface area contributed by atoms with Crippen molar-refractivity contribution >= 4 is 33.1 Å². The van der Waals surface area contributed by atoms with Gasteiger partial charge in [0.15, 0.2) is 5.76 Å². The predicted molar refractivity (Wildman–Crippen MR) is 151 cm³/mol. The third kappa shape index (κ3) is 6.02. The molecule has 0 unspecified atom stereocenters. The van der Waals surface area contributed by atoms with Gasteiger partial charge in [0, 0.05) is 47.2 Å². The second kappa shape index (κ2) is 11.7. The Morgan fingerprint density at radius 1 is 0.975 bits per heavy atom. The lowest BCUT2D eigenvalue weighted by Crippen LogP contribution is -2.33. The first-order valence-electron chi connectivity index (χ1n) is 12.9. The molecule has 1 aliphatic heterocycles. The summed E-state index contributed by atoms with van der Waals surface area (Å²) < 4.78 is 23.4. The molecule has 1 N–H and O–H groups in total. The maximum atomic E-state index is 14.1. The molecule has 3 amide bonds. The lowest BCUT2D eigenvalue weighted by molar-refractivity contribution is -0.127. The number of pyridine rings is 1. The average molecular weight is 557 g/mol. The fourth-order valence-electron chi connectivity index (χ4n) is 4.50. The smallest absolute Gasteiger partial charge is 0.291 e. The highest BCUT2D eigenvalue weighted by atomic mass is 32.2. The van der Waals surface area contributed by atoms with Gasteiger partial charge in [-0.05, 0) is 61.7 Å². The zero-order valence-electron chi connectivity index (χ0n) is 21.9. The van der Waals surface area contributed by atoms with E-state index < -0.39 is 15.6 Å². The van der Waals surface area contributed by atoms with Crippen LogP contribution in [0, 0.1) is 6.92 Å². The van der Waals surface area contributed by atoms with Crippen LogP contribution in [-0.2, 0) is 14.5 Å². The van der Waals surface area contributed by atoms with E-state index in [1.807, 2.05) is 6.07 Å². The van der Waals surface area contributed by atoms with Gasteiger partial charge >= 0.3 is 0 Å². The number of likely N-dealkylation sites (tertiary alicyclic amines) is 1.